The van der Waals surface area contributed by atoms with Gasteiger partial charge in [-0.1, -0.05) is 25.0 Å². The average molecular weight is 253 g/mol. The van der Waals surface area contributed by atoms with Crippen molar-refractivity contribution in [2.45, 2.75) is 20.0 Å². The summed E-state index contributed by atoms with van der Waals surface area (Å²) in [5.41, 5.74) is 9.14. The number of hydrogen-bond acceptors (Lipinski definition) is 3. The summed E-state index contributed by atoms with van der Waals surface area (Å²) in [6.45, 7) is 3.47. The zero-order valence-corrected chi connectivity index (χ0v) is 10.9. The number of hydrogen-bond donors (Lipinski definition) is 1. The maximum absolute atomic E-state index is 5.84. The minimum atomic E-state index is 0.188. The summed E-state index contributed by atoms with van der Waals surface area (Å²) in [5.74, 6) is 1.67. The average Bonchev–Trinajstić information content (AvgIpc) is 2.81. The molecule has 0 spiro atoms. The van der Waals surface area contributed by atoms with Gasteiger partial charge >= 0.3 is 6.92 Å². The topological polar surface area (TPSA) is 44.5 Å². The lowest BCUT2D eigenvalue weighted by Crippen LogP contribution is -2.23. The van der Waals surface area contributed by atoms with Gasteiger partial charge in [0.15, 0.2) is 0 Å². The summed E-state index contributed by atoms with van der Waals surface area (Å²) in [6, 6.07) is 14.0. The summed E-state index contributed by atoms with van der Waals surface area (Å²) in [4.78, 5) is 0. The van der Waals surface area contributed by atoms with Crippen molar-refractivity contribution in [2.24, 2.45) is 5.73 Å². The van der Waals surface area contributed by atoms with Crippen molar-refractivity contribution in [3.8, 4) is 11.5 Å². The summed E-state index contributed by atoms with van der Waals surface area (Å²) < 4.78 is 11.4. The lowest BCUT2D eigenvalue weighted by molar-refractivity contribution is 0.333. The van der Waals surface area contributed by atoms with E-state index in [2.05, 4.69) is 19.0 Å². The maximum Gasteiger partial charge on any atom is 0.324 e. The molecule has 0 saturated carbocycles. The van der Waals surface area contributed by atoms with Crippen LogP contribution in [-0.2, 0) is 17.8 Å². The maximum atomic E-state index is 5.84. The third-order valence-electron chi connectivity index (χ3n) is 3.44. The van der Waals surface area contributed by atoms with Crippen LogP contribution in [0.1, 0.15) is 11.1 Å². The number of ether oxygens (including phenoxy) is 1. The fourth-order valence-electron chi connectivity index (χ4n) is 2.30. The van der Waals surface area contributed by atoms with Crippen LogP contribution in [0.5, 0.6) is 11.5 Å². The number of rotatable bonds is 3. The van der Waals surface area contributed by atoms with Crippen molar-refractivity contribution in [3.63, 3.8) is 0 Å². The zero-order chi connectivity index (χ0) is 13.2. The van der Waals surface area contributed by atoms with E-state index in [1.165, 1.54) is 11.0 Å². The molecule has 19 heavy (non-hydrogen) atoms. The highest BCUT2D eigenvalue weighted by Gasteiger charge is 2.23. The molecule has 0 unspecified atom stereocenters. The Kier molecular flexibility index (Phi) is 3.28. The molecule has 1 aliphatic rings. The fraction of sp³-hybridized carbons (Fsp3) is 0.200. The van der Waals surface area contributed by atoms with Crippen molar-refractivity contribution >= 4 is 12.4 Å². The van der Waals surface area contributed by atoms with Crippen LogP contribution in [0.3, 0.4) is 0 Å². The lowest BCUT2D eigenvalue weighted by Gasteiger charge is -2.08. The first-order valence-electron chi connectivity index (χ1n) is 6.47. The Morgan fingerprint density at radius 3 is 2.63 bits per heavy atom. The lowest BCUT2D eigenvalue weighted by atomic mass is 9.64. The highest BCUT2D eigenvalue weighted by Crippen LogP contribution is 2.24. The molecule has 0 amide bonds. The smallest absolute Gasteiger partial charge is 0.324 e. The predicted octanol–water partition coefficient (Wildman–Crippen LogP) is 2.30. The summed E-state index contributed by atoms with van der Waals surface area (Å²) in [5, 5.41) is 0. The molecular formula is C15H16BNO2. The van der Waals surface area contributed by atoms with Crippen LogP contribution in [0.2, 0.25) is 6.82 Å². The quantitative estimate of drug-likeness (QED) is 0.853. The predicted molar refractivity (Wildman–Crippen MR) is 76.9 cm³/mol. The minimum absolute atomic E-state index is 0.188. The first kappa shape index (κ1) is 12.3. The second kappa shape index (κ2) is 5.07. The number of fused-ring (bicyclic) bond motifs is 1. The molecule has 1 heterocycles. The van der Waals surface area contributed by atoms with Gasteiger partial charge in [0, 0.05) is 6.54 Å². The number of benzene rings is 2. The van der Waals surface area contributed by atoms with Gasteiger partial charge in [-0.3, -0.25) is 0 Å². The molecule has 2 aromatic rings. The van der Waals surface area contributed by atoms with Crippen LogP contribution in [0.4, 0.5) is 0 Å². The van der Waals surface area contributed by atoms with Gasteiger partial charge in [0.2, 0.25) is 0 Å². The van der Waals surface area contributed by atoms with Crippen molar-refractivity contribution in [2.75, 3.05) is 0 Å². The Hall–Kier alpha value is -1.78. The Bertz CT molecular complexity index is 583. The van der Waals surface area contributed by atoms with E-state index < -0.39 is 0 Å². The summed E-state index contributed by atoms with van der Waals surface area (Å²) in [7, 11) is 0. The fourth-order valence-corrected chi connectivity index (χ4v) is 2.30. The Balaban J connectivity index is 1.79. The zero-order valence-electron chi connectivity index (χ0n) is 10.9. The Labute approximate surface area is 113 Å². The number of nitrogens with two attached hydrogens (primary N) is 1. The van der Waals surface area contributed by atoms with Crippen LogP contribution in [0, 0.1) is 0 Å². The standard InChI is InChI=1S/C15H16BNO2/c1-16-15-7-6-14(8-12(15)10-18-16)19-13-4-2-11(9-17)3-5-13/h2-8H,9-10,17H2,1H3. The molecule has 0 atom stereocenters. The van der Waals surface area contributed by atoms with Gasteiger partial charge in [0.1, 0.15) is 11.5 Å². The normalized spacial score (nSPS) is 13.5. The van der Waals surface area contributed by atoms with Crippen molar-refractivity contribution in [1.29, 1.82) is 0 Å². The largest absolute Gasteiger partial charge is 0.457 e. The van der Waals surface area contributed by atoms with Crippen LogP contribution in [-0.4, -0.2) is 6.92 Å². The molecular weight excluding hydrogens is 237 g/mol. The Morgan fingerprint density at radius 1 is 1.16 bits per heavy atom. The Morgan fingerprint density at radius 2 is 1.89 bits per heavy atom. The van der Waals surface area contributed by atoms with E-state index in [1.807, 2.05) is 30.3 Å². The van der Waals surface area contributed by atoms with E-state index in [0.29, 0.717) is 13.2 Å². The van der Waals surface area contributed by atoms with Crippen molar-refractivity contribution in [1.82, 2.24) is 0 Å². The van der Waals surface area contributed by atoms with Gasteiger partial charge in [-0.05, 0) is 40.9 Å². The third kappa shape index (κ3) is 2.50. The molecule has 0 saturated heterocycles. The van der Waals surface area contributed by atoms with Crippen LogP contribution < -0.4 is 15.9 Å². The van der Waals surface area contributed by atoms with E-state index in [0.717, 1.165) is 17.1 Å². The molecule has 0 bridgehead atoms. The second-order valence-corrected chi connectivity index (χ2v) is 4.76. The third-order valence-corrected chi connectivity index (χ3v) is 3.44. The van der Waals surface area contributed by atoms with Crippen molar-refractivity contribution in [3.05, 3.63) is 53.6 Å². The van der Waals surface area contributed by atoms with Crippen LogP contribution in [0.15, 0.2) is 42.5 Å². The van der Waals surface area contributed by atoms with E-state index in [1.54, 1.807) is 0 Å². The molecule has 96 valence electrons. The molecule has 0 aliphatic carbocycles. The van der Waals surface area contributed by atoms with Gasteiger partial charge in [0.25, 0.3) is 0 Å². The van der Waals surface area contributed by atoms with E-state index in [9.17, 15) is 0 Å². The van der Waals surface area contributed by atoms with E-state index in [-0.39, 0.29) is 6.92 Å². The molecule has 0 aromatic heterocycles. The molecule has 2 aromatic carbocycles. The van der Waals surface area contributed by atoms with Gasteiger partial charge in [-0.15, -0.1) is 0 Å². The highest BCUT2D eigenvalue weighted by molar-refractivity contribution is 6.67. The summed E-state index contributed by atoms with van der Waals surface area (Å²) in [6.07, 6.45) is 0. The first-order chi connectivity index (χ1) is 9.26. The van der Waals surface area contributed by atoms with E-state index in [4.69, 9.17) is 15.1 Å². The van der Waals surface area contributed by atoms with Gasteiger partial charge in [-0.2, -0.15) is 0 Å². The molecule has 3 nitrogen and oxygen atoms in total. The van der Waals surface area contributed by atoms with Crippen LogP contribution in [0.25, 0.3) is 0 Å². The molecule has 3 rings (SSSR count). The highest BCUT2D eigenvalue weighted by atomic mass is 16.5. The monoisotopic (exact) mass is 253 g/mol. The molecule has 0 radical (unpaired) electrons. The molecule has 0 fully saturated rings. The summed E-state index contributed by atoms with van der Waals surface area (Å²) >= 11 is 0. The van der Waals surface area contributed by atoms with Crippen molar-refractivity contribution < 1.29 is 9.39 Å². The van der Waals surface area contributed by atoms with Gasteiger partial charge in [-0.25, -0.2) is 0 Å². The molecule has 4 heteroatoms. The molecule has 1 aliphatic heterocycles. The van der Waals surface area contributed by atoms with Gasteiger partial charge < -0.3 is 15.1 Å². The van der Waals surface area contributed by atoms with Gasteiger partial charge in [0.05, 0.1) is 6.61 Å². The first-order valence-corrected chi connectivity index (χ1v) is 6.47. The second-order valence-electron chi connectivity index (χ2n) is 4.76. The van der Waals surface area contributed by atoms with E-state index >= 15 is 0 Å². The SMILES string of the molecule is CB1OCc2cc(Oc3ccc(CN)cc3)ccc21. The van der Waals surface area contributed by atoms with Crippen LogP contribution >= 0.6 is 0 Å². The minimum Gasteiger partial charge on any atom is -0.457 e. The molecule has 2 N–H and O–H groups in total.